The van der Waals surface area contributed by atoms with Gasteiger partial charge in [0, 0.05) is 32.4 Å². The molecule has 0 atom stereocenters. The molecule has 1 amide bonds. The topological polar surface area (TPSA) is 62.7 Å². The maximum atomic E-state index is 13.0. The molecule has 7 heteroatoms. The quantitative estimate of drug-likeness (QED) is 0.741. The van der Waals surface area contributed by atoms with Crippen LogP contribution in [0.4, 0.5) is 10.2 Å². The lowest BCUT2D eigenvalue weighted by atomic mass is 10.1. The lowest BCUT2D eigenvalue weighted by molar-refractivity contribution is -0.130. The normalized spacial score (nSPS) is 14.5. The van der Waals surface area contributed by atoms with Crippen LogP contribution in [0.1, 0.15) is 29.3 Å². The number of anilines is 1. The Bertz CT molecular complexity index is 809. The molecule has 148 valence electrons. The molecular formula is C21H24FN3O3. The van der Waals surface area contributed by atoms with Gasteiger partial charge in [-0.3, -0.25) is 4.79 Å². The first-order valence-electron chi connectivity index (χ1n) is 9.47. The van der Waals surface area contributed by atoms with Gasteiger partial charge in [0.05, 0.1) is 18.6 Å². The molecule has 1 aromatic carbocycles. The number of benzene rings is 1. The number of nitrogens with zero attached hydrogens (tertiary/aromatic N) is 3. The van der Waals surface area contributed by atoms with Crippen molar-refractivity contribution < 1.29 is 18.7 Å². The number of hydrogen-bond donors (Lipinski definition) is 0. The fraction of sp³-hybridized carbons (Fsp3) is 0.381. The molecule has 1 aliphatic rings. The lowest BCUT2D eigenvalue weighted by Crippen LogP contribution is -2.36. The maximum absolute atomic E-state index is 13.0. The third-order valence-electron chi connectivity index (χ3n) is 4.70. The fourth-order valence-corrected chi connectivity index (χ4v) is 3.19. The number of halogens is 1. The number of carbonyl (C=O) groups excluding carboxylic acids is 2. The minimum Gasteiger partial charge on any atom is -0.462 e. The summed E-state index contributed by atoms with van der Waals surface area (Å²) in [5.74, 6) is 0.137. The summed E-state index contributed by atoms with van der Waals surface area (Å²) in [7, 11) is 0. The first-order chi connectivity index (χ1) is 13.6. The summed E-state index contributed by atoms with van der Waals surface area (Å²) >= 11 is 0. The summed E-state index contributed by atoms with van der Waals surface area (Å²) in [5.41, 5.74) is 1.24. The molecule has 0 radical (unpaired) electrons. The minimum absolute atomic E-state index is 0.0408. The number of ether oxygens (including phenoxy) is 1. The van der Waals surface area contributed by atoms with Crippen LogP contribution in [0.3, 0.4) is 0 Å². The van der Waals surface area contributed by atoms with E-state index in [2.05, 4.69) is 9.88 Å². The number of pyridine rings is 1. The average molecular weight is 385 g/mol. The molecule has 0 saturated carbocycles. The van der Waals surface area contributed by atoms with E-state index in [1.807, 2.05) is 11.0 Å². The van der Waals surface area contributed by atoms with Crippen LogP contribution in [0.5, 0.6) is 0 Å². The highest BCUT2D eigenvalue weighted by Gasteiger charge is 2.20. The number of aromatic nitrogens is 1. The molecule has 0 bridgehead atoms. The highest BCUT2D eigenvalue weighted by atomic mass is 19.1. The van der Waals surface area contributed by atoms with Crippen molar-refractivity contribution in [3.8, 4) is 0 Å². The van der Waals surface area contributed by atoms with E-state index in [9.17, 15) is 14.0 Å². The monoisotopic (exact) mass is 385 g/mol. The second kappa shape index (κ2) is 9.30. The highest BCUT2D eigenvalue weighted by molar-refractivity contribution is 5.89. The van der Waals surface area contributed by atoms with E-state index >= 15 is 0 Å². The molecule has 3 rings (SSSR count). The van der Waals surface area contributed by atoms with Crippen LogP contribution in [0, 0.1) is 5.82 Å². The molecule has 28 heavy (non-hydrogen) atoms. The molecule has 1 saturated heterocycles. The van der Waals surface area contributed by atoms with Gasteiger partial charge in [-0.25, -0.2) is 14.2 Å². The van der Waals surface area contributed by atoms with Gasteiger partial charge in [-0.1, -0.05) is 12.1 Å². The lowest BCUT2D eigenvalue weighted by Gasteiger charge is -2.23. The Morgan fingerprint density at radius 1 is 1.07 bits per heavy atom. The first kappa shape index (κ1) is 19.8. The van der Waals surface area contributed by atoms with Gasteiger partial charge in [0.25, 0.3) is 0 Å². The molecule has 0 spiro atoms. The number of carbonyl (C=O) groups is 2. The first-order valence-corrected chi connectivity index (χ1v) is 9.47. The van der Waals surface area contributed by atoms with Crippen molar-refractivity contribution in [2.24, 2.45) is 0 Å². The van der Waals surface area contributed by atoms with Crippen LogP contribution < -0.4 is 4.90 Å². The van der Waals surface area contributed by atoms with Crippen molar-refractivity contribution in [2.45, 2.75) is 19.8 Å². The van der Waals surface area contributed by atoms with E-state index in [0.717, 1.165) is 24.3 Å². The number of amides is 1. The SMILES string of the molecule is CCOC(=O)c1ccc(N2CCCN(C(=O)Cc3ccc(F)cc3)CC2)nc1. The van der Waals surface area contributed by atoms with Gasteiger partial charge >= 0.3 is 5.97 Å². The molecule has 1 fully saturated rings. The van der Waals surface area contributed by atoms with Crippen molar-refractivity contribution in [2.75, 3.05) is 37.7 Å². The summed E-state index contributed by atoms with van der Waals surface area (Å²) < 4.78 is 18.0. The van der Waals surface area contributed by atoms with E-state index in [-0.39, 0.29) is 24.1 Å². The number of hydrogen-bond acceptors (Lipinski definition) is 5. The molecule has 0 aliphatic carbocycles. The van der Waals surface area contributed by atoms with Gasteiger partial charge in [0.1, 0.15) is 11.6 Å². The Kier molecular flexibility index (Phi) is 6.57. The average Bonchev–Trinajstić information content (AvgIpc) is 2.96. The molecule has 0 unspecified atom stereocenters. The van der Waals surface area contributed by atoms with Crippen molar-refractivity contribution in [1.82, 2.24) is 9.88 Å². The molecule has 1 aliphatic heterocycles. The molecule has 1 aromatic heterocycles. The van der Waals surface area contributed by atoms with Crippen LogP contribution >= 0.6 is 0 Å². The highest BCUT2D eigenvalue weighted by Crippen LogP contribution is 2.16. The van der Waals surface area contributed by atoms with E-state index in [0.29, 0.717) is 31.8 Å². The summed E-state index contributed by atoms with van der Waals surface area (Å²) in [6.45, 7) is 4.82. The molecule has 6 nitrogen and oxygen atoms in total. The minimum atomic E-state index is -0.380. The fourth-order valence-electron chi connectivity index (χ4n) is 3.19. The second-order valence-corrected chi connectivity index (χ2v) is 6.65. The Labute approximate surface area is 163 Å². The van der Waals surface area contributed by atoms with Crippen molar-refractivity contribution in [3.63, 3.8) is 0 Å². The summed E-state index contributed by atoms with van der Waals surface area (Å²) in [6.07, 6.45) is 2.62. The Morgan fingerprint density at radius 3 is 2.54 bits per heavy atom. The van der Waals surface area contributed by atoms with E-state index in [4.69, 9.17) is 4.74 Å². The van der Waals surface area contributed by atoms with Crippen molar-refractivity contribution in [3.05, 3.63) is 59.5 Å². The predicted molar refractivity (Wildman–Crippen MR) is 104 cm³/mol. The van der Waals surface area contributed by atoms with Crippen molar-refractivity contribution >= 4 is 17.7 Å². The largest absolute Gasteiger partial charge is 0.462 e. The standard InChI is InChI=1S/C21H24FN3O3/c1-2-28-21(27)17-6-9-19(23-15-17)24-10-3-11-25(13-12-24)20(26)14-16-4-7-18(22)8-5-16/h4-9,15H,2-3,10-14H2,1H3. The summed E-state index contributed by atoms with van der Waals surface area (Å²) in [5, 5.41) is 0. The summed E-state index contributed by atoms with van der Waals surface area (Å²) in [6, 6.07) is 9.56. The number of rotatable bonds is 5. The molecule has 2 heterocycles. The van der Waals surface area contributed by atoms with Crippen LogP contribution in [0.25, 0.3) is 0 Å². The van der Waals surface area contributed by atoms with Crippen LogP contribution in [-0.2, 0) is 16.0 Å². The van der Waals surface area contributed by atoms with E-state index in [1.165, 1.54) is 18.3 Å². The number of esters is 1. The Balaban J connectivity index is 1.57. The maximum Gasteiger partial charge on any atom is 0.339 e. The summed E-state index contributed by atoms with van der Waals surface area (Å²) in [4.78, 5) is 32.6. The van der Waals surface area contributed by atoms with Crippen LogP contribution in [0.2, 0.25) is 0 Å². The Morgan fingerprint density at radius 2 is 1.86 bits per heavy atom. The van der Waals surface area contributed by atoms with Crippen molar-refractivity contribution in [1.29, 1.82) is 0 Å². The van der Waals surface area contributed by atoms with Gasteiger partial charge in [0.15, 0.2) is 0 Å². The molecular weight excluding hydrogens is 361 g/mol. The predicted octanol–water partition coefficient (Wildman–Crippen LogP) is 2.68. The van der Waals surface area contributed by atoms with E-state index in [1.54, 1.807) is 25.1 Å². The van der Waals surface area contributed by atoms with Crippen LogP contribution in [0.15, 0.2) is 42.6 Å². The third-order valence-corrected chi connectivity index (χ3v) is 4.70. The van der Waals surface area contributed by atoms with Gasteiger partial charge in [-0.05, 0) is 43.2 Å². The van der Waals surface area contributed by atoms with Gasteiger partial charge in [-0.15, -0.1) is 0 Å². The van der Waals surface area contributed by atoms with Gasteiger partial charge in [-0.2, -0.15) is 0 Å². The molecule has 2 aromatic rings. The van der Waals surface area contributed by atoms with E-state index < -0.39 is 0 Å². The van der Waals surface area contributed by atoms with Crippen LogP contribution in [-0.4, -0.2) is 54.5 Å². The molecule has 0 N–H and O–H groups in total. The zero-order chi connectivity index (χ0) is 19.9. The smallest absolute Gasteiger partial charge is 0.339 e. The third kappa shape index (κ3) is 5.06. The zero-order valence-corrected chi connectivity index (χ0v) is 15.9. The Hall–Kier alpha value is -2.96. The van der Waals surface area contributed by atoms with Gasteiger partial charge < -0.3 is 14.5 Å². The second-order valence-electron chi connectivity index (χ2n) is 6.65. The zero-order valence-electron chi connectivity index (χ0n) is 15.9. The van der Waals surface area contributed by atoms with Gasteiger partial charge in [0.2, 0.25) is 5.91 Å².